The third kappa shape index (κ3) is 6.43. The Bertz CT molecular complexity index is 724. The third-order valence-corrected chi connectivity index (χ3v) is 4.81. The summed E-state index contributed by atoms with van der Waals surface area (Å²) in [6.45, 7) is 1.70. The minimum absolute atomic E-state index is 0.167. The Morgan fingerprint density at radius 1 is 1.32 bits per heavy atom. The minimum atomic E-state index is -2.46. The number of hydrogen-bond acceptors (Lipinski definition) is 6. The summed E-state index contributed by atoms with van der Waals surface area (Å²) in [6, 6.07) is 6.82. The molecule has 1 aromatic rings. The first-order chi connectivity index (χ1) is 11.8. The summed E-state index contributed by atoms with van der Waals surface area (Å²) in [4.78, 5) is 14.2. The van der Waals surface area contributed by atoms with E-state index in [4.69, 9.17) is 17.0 Å². The van der Waals surface area contributed by atoms with Gasteiger partial charge in [0.15, 0.2) is 5.11 Å². The van der Waals surface area contributed by atoms with E-state index >= 15 is 0 Å². The summed E-state index contributed by atoms with van der Waals surface area (Å²) in [5.74, 6) is 0.0686. The van der Waals surface area contributed by atoms with Gasteiger partial charge in [-0.1, -0.05) is 12.1 Å². The maximum absolute atomic E-state index is 12.8. The highest BCUT2D eigenvalue weighted by molar-refractivity contribution is 7.80. The van der Waals surface area contributed by atoms with E-state index in [0.717, 1.165) is 5.56 Å². The number of methoxy groups -OCH3 is 1. The molecule has 0 aliphatic heterocycles. The van der Waals surface area contributed by atoms with Crippen molar-refractivity contribution >= 4 is 33.7 Å². The van der Waals surface area contributed by atoms with Crippen LogP contribution in [-0.2, 0) is 15.3 Å². The first-order valence-corrected chi connectivity index (χ1v) is 9.17. The average molecular weight is 386 g/mol. The zero-order chi connectivity index (χ0) is 19.0. The lowest BCUT2D eigenvalue weighted by atomic mass is 9.91. The van der Waals surface area contributed by atoms with Crippen LogP contribution in [0.3, 0.4) is 0 Å². The summed E-state index contributed by atoms with van der Waals surface area (Å²) in [5.41, 5.74) is 0.812. The number of carbonyl (C=O) groups is 1. The average Bonchev–Trinajstić information content (AvgIpc) is 2.60. The largest absolute Gasteiger partial charge is 0.497 e. The molecule has 0 fully saturated rings. The highest BCUT2D eigenvalue weighted by Gasteiger charge is 2.26. The van der Waals surface area contributed by atoms with Gasteiger partial charge in [0.1, 0.15) is 5.75 Å². The van der Waals surface area contributed by atoms with E-state index in [-0.39, 0.29) is 5.91 Å². The molecule has 0 heterocycles. The van der Waals surface area contributed by atoms with Crippen LogP contribution in [0.25, 0.3) is 0 Å². The highest BCUT2D eigenvalue weighted by Crippen LogP contribution is 2.26. The number of carbonyl (C=O) groups excluding carboxylic acids is 1. The monoisotopic (exact) mass is 385 g/mol. The van der Waals surface area contributed by atoms with Gasteiger partial charge in [-0.2, -0.15) is 12.8 Å². The van der Waals surface area contributed by atoms with Gasteiger partial charge in [-0.15, -0.1) is 0 Å². The Hall–Kier alpha value is -2.00. The maximum Gasteiger partial charge on any atom is 0.311 e. The van der Waals surface area contributed by atoms with Gasteiger partial charge in [0.05, 0.1) is 19.1 Å². The van der Waals surface area contributed by atoms with Crippen molar-refractivity contribution in [3.8, 4) is 5.75 Å². The number of amides is 1. The molecule has 1 rings (SSSR count). The van der Waals surface area contributed by atoms with Gasteiger partial charge in [-0.25, -0.2) is 0 Å². The van der Waals surface area contributed by atoms with Crippen LogP contribution in [0.4, 0.5) is 0 Å². The third-order valence-electron chi connectivity index (χ3n) is 3.80. The fraction of sp³-hybridized carbons (Fsp3) is 0.500. The van der Waals surface area contributed by atoms with Crippen molar-refractivity contribution in [3.05, 3.63) is 29.8 Å². The molecule has 0 bridgehead atoms. The van der Waals surface area contributed by atoms with Crippen molar-refractivity contribution < 1.29 is 17.9 Å². The first-order valence-electron chi connectivity index (χ1n) is 7.73. The molecule has 1 N–H and O–H groups in total. The van der Waals surface area contributed by atoms with Gasteiger partial charge in [0, 0.05) is 14.1 Å². The fourth-order valence-corrected chi connectivity index (χ4v) is 2.87. The van der Waals surface area contributed by atoms with E-state index in [0.29, 0.717) is 23.7 Å². The Balaban J connectivity index is 3.05. The first kappa shape index (κ1) is 21.0. The molecule has 9 heteroatoms. The van der Waals surface area contributed by atoms with Crippen LogP contribution in [0.1, 0.15) is 31.2 Å². The van der Waals surface area contributed by atoms with Crippen LogP contribution in [0.15, 0.2) is 28.6 Å². The fourth-order valence-electron chi connectivity index (χ4n) is 2.38. The second-order valence-electron chi connectivity index (χ2n) is 5.53. The molecule has 0 saturated heterocycles. The van der Waals surface area contributed by atoms with Crippen LogP contribution in [0, 0.1) is 0 Å². The lowest BCUT2D eigenvalue weighted by Crippen LogP contribution is -2.41. The van der Waals surface area contributed by atoms with Crippen LogP contribution in [0.5, 0.6) is 5.75 Å². The second-order valence-corrected chi connectivity index (χ2v) is 6.56. The number of nitrogens with one attached hydrogen (secondary N) is 1. The summed E-state index contributed by atoms with van der Waals surface area (Å²) in [6.07, 6.45) is 0.903. The van der Waals surface area contributed by atoms with Crippen LogP contribution >= 0.6 is 12.2 Å². The SMILES string of the molecule is CNC(=S)N(C)C(=O)C(CCC(C)N=S(=O)=O)c1ccc(OC)cc1. The lowest BCUT2D eigenvalue weighted by Gasteiger charge is -2.25. The van der Waals surface area contributed by atoms with Gasteiger partial charge >= 0.3 is 10.5 Å². The van der Waals surface area contributed by atoms with Crippen molar-refractivity contribution in [2.24, 2.45) is 4.36 Å². The molecular formula is C16H23N3O4S2. The van der Waals surface area contributed by atoms with E-state index in [2.05, 4.69) is 9.68 Å². The molecule has 0 aliphatic carbocycles. The molecule has 2 unspecified atom stereocenters. The van der Waals surface area contributed by atoms with E-state index in [1.807, 2.05) is 12.1 Å². The molecular weight excluding hydrogens is 362 g/mol. The summed E-state index contributed by atoms with van der Waals surface area (Å²) < 4.78 is 30.1. The van der Waals surface area contributed by atoms with E-state index in [9.17, 15) is 13.2 Å². The molecule has 1 aromatic carbocycles. The molecule has 1 amide bonds. The predicted molar refractivity (Wildman–Crippen MR) is 100 cm³/mol. The summed E-state index contributed by atoms with van der Waals surface area (Å²) >= 11 is 5.13. The Morgan fingerprint density at radius 3 is 2.40 bits per heavy atom. The van der Waals surface area contributed by atoms with Gasteiger partial charge in [-0.05, 0) is 49.7 Å². The van der Waals surface area contributed by atoms with Crippen LogP contribution in [-0.4, -0.2) is 51.6 Å². The smallest absolute Gasteiger partial charge is 0.311 e. The number of hydrogen-bond donors (Lipinski definition) is 1. The normalized spacial score (nSPS) is 12.6. The molecule has 0 spiro atoms. The highest BCUT2D eigenvalue weighted by atomic mass is 32.2. The quantitative estimate of drug-likeness (QED) is 0.722. The van der Waals surface area contributed by atoms with Gasteiger partial charge in [0.2, 0.25) is 5.91 Å². The van der Waals surface area contributed by atoms with Crippen LogP contribution in [0.2, 0.25) is 0 Å². The molecule has 25 heavy (non-hydrogen) atoms. The molecule has 2 atom stereocenters. The van der Waals surface area contributed by atoms with Crippen molar-refractivity contribution in [3.63, 3.8) is 0 Å². The van der Waals surface area contributed by atoms with E-state index in [1.54, 1.807) is 40.3 Å². The molecule has 0 aromatic heterocycles. The van der Waals surface area contributed by atoms with Crippen molar-refractivity contribution in [1.29, 1.82) is 0 Å². The van der Waals surface area contributed by atoms with E-state index < -0.39 is 22.5 Å². The van der Waals surface area contributed by atoms with E-state index in [1.165, 1.54) is 4.90 Å². The lowest BCUT2D eigenvalue weighted by molar-refractivity contribution is -0.128. The zero-order valence-corrected chi connectivity index (χ0v) is 16.4. The minimum Gasteiger partial charge on any atom is -0.497 e. The number of nitrogens with zero attached hydrogens (tertiary/aromatic N) is 2. The number of benzene rings is 1. The van der Waals surface area contributed by atoms with Crippen molar-refractivity contribution in [2.75, 3.05) is 21.2 Å². The summed E-state index contributed by atoms with van der Waals surface area (Å²) in [5, 5.41) is 3.10. The Kier molecular flexibility index (Phi) is 8.50. The molecule has 138 valence electrons. The van der Waals surface area contributed by atoms with Crippen LogP contribution < -0.4 is 10.1 Å². The molecule has 7 nitrogen and oxygen atoms in total. The van der Waals surface area contributed by atoms with Gasteiger partial charge < -0.3 is 10.1 Å². The van der Waals surface area contributed by atoms with Gasteiger partial charge in [0.25, 0.3) is 0 Å². The van der Waals surface area contributed by atoms with Crippen molar-refractivity contribution in [2.45, 2.75) is 31.7 Å². The molecule has 0 aliphatic rings. The zero-order valence-electron chi connectivity index (χ0n) is 14.7. The Morgan fingerprint density at radius 2 is 1.92 bits per heavy atom. The maximum atomic E-state index is 12.8. The van der Waals surface area contributed by atoms with Crippen molar-refractivity contribution in [1.82, 2.24) is 10.2 Å². The summed E-state index contributed by atoms with van der Waals surface area (Å²) in [7, 11) is 2.38. The molecule has 0 saturated carbocycles. The standard InChI is InChI=1S/C16H23N3O4S2/c1-11(18-25(21)22)5-10-14(15(20)19(3)16(24)17-2)12-6-8-13(23-4)9-7-12/h6-9,11,14H,5,10H2,1-4H3,(H,17,24). The number of ether oxygens (including phenoxy) is 1. The predicted octanol–water partition coefficient (Wildman–Crippen LogP) is 1.97. The molecule has 0 radical (unpaired) electrons. The Labute approximate surface area is 155 Å². The number of likely N-dealkylation sites (N-methyl/N-ethyl adjacent to an activating group) is 1. The topological polar surface area (TPSA) is 88.1 Å². The number of thiocarbonyl (C=S) groups is 1. The number of rotatable bonds is 7. The second kappa shape index (κ2) is 10.1. The van der Waals surface area contributed by atoms with Gasteiger partial charge in [-0.3, -0.25) is 9.69 Å².